The van der Waals surface area contributed by atoms with Crippen molar-refractivity contribution in [3.63, 3.8) is 0 Å². The maximum Gasteiger partial charge on any atom is 0.238 e. The number of ether oxygens (including phenoxy) is 1. The first-order chi connectivity index (χ1) is 9.46. The monoisotopic (exact) mass is 280 g/mol. The molecule has 112 valence electrons. The maximum absolute atomic E-state index is 11.7. The van der Waals surface area contributed by atoms with Crippen LogP contribution in [0.5, 0.6) is 5.75 Å². The highest BCUT2D eigenvalue weighted by Crippen LogP contribution is 2.14. The van der Waals surface area contributed by atoms with Crippen molar-refractivity contribution in [1.82, 2.24) is 5.32 Å². The van der Waals surface area contributed by atoms with E-state index in [9.17, 15) is 9.90 Å². The van der Waals surface area contributed by atoms with Gasteiger partial charge in [-0.25, -0.2) is 0 Å². The second-order valence-electron chi connectivity index (χ2n) is 5.13. The van der Waals surface area contributed by atoms with Gasteiger partial charge in [-0.3, -0.25) is 4.79 Å². The van der Waals surface area contributed by atoms with Crippen molar-refractivity contribution >= 4 is 11.6 Å². The second kappa shape index (κ2) is 7.87. The van der Waals surface area contributed by atoms with Crippen molar-refractivity contribution in [2.45, 2.75) is 32.3 Å². The van der Waals surface area contributed by atoms with Gasteiger partial charge in [0.25, 0.3) is 0 Å². The predicted octanol–water partition coefficient (Wildman–Crippen LogP) is 1.77. The number of rotatable bonds is 8. The average Bonchev–Trinajstić information content (AvgIpc) is 2.39. The molecular weight excluding hydrogens is 256 g/mol. The number of aliphatic hydroxyl groups is 1. The van der Waals surface area contributed by atoms with E-state index in [0.717, 1.165) is 17.9 Å². The van der Waals surface area contributed by atoms with Gasteiger partial charge in [-0.2, -0.15) is 0 Å². The molecule has 0 fully saturated rings. The zero-order chi connectivity index (χ0) is 15.0. The second-order valence-corrected chi connectivity index (χ2v) is 5.13. The smallest absolute Gasteiger partial charge is 0.238 e. The predicted molar refractivity (Wildman–Crippen MR) is 80.0 cm³/mol. The van der Waals surface area contributed by atoms with Crippen molar-refractivity contribution in [2.75, 3.05) is 25.5 Å². The summed E-state index contributed by atoms with van der Waals surface area (Å²) >= 11 is 0. The van der Waals surface area contributed by atoms with Gasteiger partial charge in [-0.1, -0.05) is 13.3 Å². The summed E-state index contributed by atoms with van der Waals surface area (Å²) in [7, 11) is 1.60. The van der Waals surface area contributed by atoms with Gasteiger partial charge >= 0.3 is 0 Å². The molecule has 1 atom stereocenters. The normalized spacial score (nSPS) is 13.6. The molecule has 1 amide bonds. The quantitative estimate of drug-likeness (QED) is 0.679. The van der Waals surface area contributed by atoms with Crippen LogP contribution in [0.3, 0.4) is 0 Å². The summed E-state index contributed by atoms with van der Waals surface area (Å²) in [5.41, 5.74) is -0.0484. The standard InChI is InChI=1S/C15H24N2O3/c1-4-9-15(2,19)11-16-10-14(18)17-12-5-7-13(20-3)8-6-12/h5-8,16,19H,4,9-11H2,1-3H3,(H,17,18). The minimum atomic E-state index is -0.769. The molecule has 1 rings (SSSR count). The summed E-state index contributed by atoms with van der Waals surface area (Å²) in [5, 5.41) is 15.7. The summed E-state index contributed by atoms with van der Waals surface area (Å²) in [6.45, 7) is 4.36. The molecule has 0 aliphatic carbocycles. The number of hydrogen-bond donors (Lipinski definition) is 3. The van der Waals surface area contributed by atoms with Crippen LogP contribution in [0.1, 0.15) is 26.7 Å². The topological polar surface area (TPSA) is 70.6 Å². The maximum atomic E-state index is 11.7. The van der Waals surface area contributed by atoms with Crippen LogP contribution in [0, 0.1) is 0 Å². The third-order valence-electron chi connectivity index (χ3n) is 2.95. The van der Waals surface area contributed by atoms with Crippen LogP contribution in [-0.4, -0.2) is 36.8 Å². The molecule has 0 bridgehead atoms. The number of hydrogen-bond acceptors (Lipinski definition) is 4. The minimum Gasteiger partial charge on any atom is -0.497 e. The Morgan fingerprint density at radius 3 is 2.55 bits per heavy atom. The van der Waals surface area contributed by atoms with Crippen molar-refractivity contribution in [3.8, 4) is 5.75 Å². The number of amides is 1. The number of anilines is 1. The van der Waals surface area contributed by atoms with Gasteiger partial charge in [0.15, 0.2) is 0 Å². The fourth-order valence-electron chi connectivity index (χ4n) is 1.95. The fraction of sp³-hybridized carbons (Fsp3) is 0.533. The summed E-state index contributed by atoms with van der Waals surface area (Å²) in [4.78, 5) is 11.7. The molecule has 0 aliphatic rings. The zero-order valence-corrected chi connectivity index (χ0v) is 12.4. The Bertz CT molecular complexity index is 416. The molecule has 1 aromatic carbocycles. The van der Waals surface area contributed by atoms with Gasteiger partial charge in [-0.05, 0) is 37.6 Å². The van der Waals surface area contributed by atoms with E-state index < -0.39 is 5.60 Å². The molecule has 0 radical (unpaired) electrons. The molecule has 0 heterocycles. The molecule has 0 aliphatic heterocycles. The number of methoxy groups -OCH3 is 1. The lowest BCUT2D eigenvalue weighted by atomic mass is 10.0. The van der Waals surface area contributed by atoms with Crippen LogP contribution in [-0.2, 0) is 4.79 Å². The molecule has 1 unspecified atom stereocenters. The van der Waals surface area contributed by atoms with Crippen LogP contribution in [0.2, 0.25) is 0 Å². The Labute approximate surface area is 120 Å². The highest BCUT2D eigenvalue weighted by Gasteiger charge is 2.18. The fourth-order valence-corrected chi connectivity index (χ4v) is 1.95. The van der Waals surface area contributed by atoms with E-state index in [2.05, 4.69) is 10.6 Å². The summed E-state index contributed by atoms with van der Waals surface area (Å²) in [6, 6.07) is 7.14. The molecule has 0 saturated heterocycles. The highest BCUT2D eigenvalue weighted by atomic mass is 16.5. The summed E-state index contributed by atoms with van der Waals surface area (Å²) in [5.74, 6) is 0.610. The summed E-state index contributed by atoms with van der Waals surface area (Å²) < 4.78 is 5.05. The van der Waals surface area contributed by atoms with E-state index in [1.54, 1.807) is 38.3 Å². The molecule has 1 aromatic rings. The Kier molecular flexibility index (Phi) is 6.48. The number of nitrogens with one attached hydrogen (secondary N) is 2. The Hall–Kier alpha value is -1.59. The Morgan fingerprint density at radius 1 is 1.35 bits per heavy atom. The number of carbonyl (C=O) groups excluding carboxylic acids is 1. The highest BCUT2D eigenvalue weighted by molar-refractivity contribution is 5.92. The van der Waals surface area contributed by atoms with Crippen LogP contribution in [0.4, 0.5) is 5.69 Å². The Balaban J connectivity index is 2.32. The lowest BCUT2D eigenvalue weighted by Gasteiger charge is -2.22. The van der Waals surface area contributed by atoms with Gasteiger partial charge < -0.3 is 20.5 Å². The van der Waals surface area contributed by atoms with Gasteiger partial charge in [-0.15, -0.1) is 0 Å². The van der Waals surface area contributed by atoms with Crippen molar-refractivity contribution in [3.05, 3.63) is 24.3 Å². The third-order valence-corrected chi connectivity index (χ3v) is 2.95. The van der Waals surface area contributed by atoms with Crippen LogP contribution >= 0.6 is 0 Å². The average molecular weight is 280 g/mol. The van der Waals surface area contributed by atoms with E-state index in [4.69, 9.17) is 4.74 Å². The van der Waals surface area contributed by atoms with E-state index in [1.807, 2.05) is 6.92 Å². The van der Waals surface area contributed by atoms with Crippen molar-refractivity contribution in [2.24, 2.45) is 0 Å². The lowest BCUT2D eigenvalue weighted by molar-refractivity contribution is -0.115. The first kappa shape index (κ1) is 16.5. The van der Waals surface area contributed by atoms with E-state index in [-0.39, 0.29) is 12.5 Å². The first-order valence-corrected chi connectivity index (χ1v) is 6.84. The largest absolute Gasteiger partial charge is 0.497 e. The van der Waals surface area contributed by atoms with Gasteiger partial charge in [0.05, 0.1) is 19.3 Å². The van der Waals surface area contributed by atoms with E-state index >= 15 is 0 Å². The van der Waals surface area contributed by atoms with Crippen LogP contribution in [0.15, 0.2) is 24.3 Å². The first-order valence-electron chi connectivity index (χ1n) is 6.84. The molecule has 5 nitrogen and oxygen atoms in total. The van der Waals surface area contributed by atoms with Gasteiger partial charge in [0, 0.05) is 12.2 Å². The SMILES string of the molecule is CCCC(C)(O)CNCC(=O)Nc1ccc(OC)cc1. The lowest BCUT2D eigenvalue weighted by Crippen LogP contribution is -2.40. The van der Waals surface area contributed by atoms with Crippen LogP contribution < -0.4 is 15.4 Å². The Morgan fingerprint density at radius 2 is 2.00 bits per heavy atom. The molecule has 0 spiro atoms. The van der Waals surface area contributed by atoms with E-state index in [1.165, 1.54) is 0 Å². The van der Waals surface area contributed by atoms with Crippen LogP contribution in [0.25, 0.3) is 0 Å². The van der Waals surface area contributed by atoms with Gasteiger partial charge in [0.2, 0.25) is 5.91 Å². The molecule has 20 heavy (non-hydrogen) atoms. The van der Waals surface area contributed by atoms with E-state index in [0.29, 0.717) is 13.0 Å². The molecule has 5 heteroatoms. The minimum absolute atomic E-state index is 0.137. The molecular formula is C15H24N2O3. The number of carbonyl (C=O) groups is 1. The molecule has 0 aromatic heterocycles. The molecule has 3 N–H and O–H groups in total. The summed E-state index contributed by atoms with van der Waals surface area (Å²) in [6.07, 6.45) is 1.62. The third kappa shape index (κ3) is 6.04. The zero-order valence-electron chi connectivity index (χ0n) is 12.4. The van der Waals surface area contributed by atoms with Crippen molar-refractivity contribution in [1.29, 1.82) is 0 Å². The molecule has 0 saturated carbocycles. The van der Waals surface area contributed by atoms with Gasteiger partial charge in [0.1, 0.15) is 5.75 Å². The number of benzene rings is 1. The van der Waals surface area contributed by atoms with Crippen molar-refractivity contribution < 1.29 is 14.6 Å².